The van der Waals surface area contributed by atoms with Gasteiger partial charge in [0.25, 0.3) is 11.5 Å². The number of aromatic amines is 1. The first-order valence-corrected chi connectivity index (χ1v) is 10.7. The molecule has 0 fully saturated rings. The first-order valence-electron chi connectivity index (χ1n) is 10.7. The van der Waals surface area contributed by atoms with E-state index in [0.29, 0.717) is 24.0 Å². The zero-order valence-corrected chi connectivity index (χ0v) is 18.1. The molecule has 0 spiro atoms. The van der Waals surface area contributed by atoms with E-state index in [0.717, 1.165) is 17.7 Å². The number of benzene rings is 3. The van der Waals surface area contributed by atoms with Crippen LogP contribution in [-0.4, -0.2) is 32.3 Å². The summed E-state index contributed by atoms with van der Waals surface area (Å²) in [5.74, 6) is -0.321. The van der Waals surface area contributed by atoms with Crippen LogP contribution in [0.2, 0.25) is 0 Å². The van der Waals surface area contributed by atoms with E-state index >= 15 is 0 Å². The minimum Gasteiger partial charge on any atom is -0.352 e. The van der Waals surface area contributed by atoms with Crippen molar-refractivity contribution in [3.8, 4) is 11.3 Å². The predicted molar refractivity (Wildman–Crippen MR) is 124 cm³/mol. The van der Waals surface area contributed by atoms with E-state index in [4.69, 9.17) is 0 Å². The molecule has 2 heterocycles. The zero-order valence-electron chi connectivity index (χ0n) is 18.1. The van der Waals surface area contributed by atoms with Crippen LogP contribution in [0.25, 0.3) is 27.8 Å². The lowest BCUT2D eigenvalue weighted by Crippen LogP contribution is -2.25. The van der Waals surface area contributed by atoms with E-state index < -0.39 is 17.3 Å². The van der Waals surface area contributed by atoms with Gasteiger partial charge in [0.1, 0.15) is 5.69 Å². The third kappa shape index (κ3) is 4.37. The highest BCUT2D eigenvalue weighted by molar-refractivity contribution is 5.98. The lowest BCUT2D eigenvalue weighted by atomic mass is 10.1. The first kappa shape index (κ1) is 22.3. The van der Waals surface area contributed by atoms with E-state index in [9.17, 15) is 22.8 Å². The molecule has 3 aromatic carbocycles. The number of aromatic nitrogens is 4. The van der Waals surface area contributed by atoms with Gasteiger partial charge in [-0.15, -0.1) is 0 Å². The number of fused-ring (bicyclic) bond motifs is 3. The molecule has 0 unspecified atom stereocenters. The lowest BCUT2D eigenvalue weighted by Gasteiger charge is -2.08. The third-order valence-corrected chi connectivity index (χ3v) is 5.63. The van der Waals surface area contributed by atoms with E-state index in [1.54, 1.807) is 0 Å². The fourth-order valence-corrected chi connectivity index (χ4v) is 3.87. The van der Waals surface area contributed by atoms with Crippen LogP contribution in [0.15, 0.2) is 77.6 Å². The SMILES string of the molecule is O=C(NCCc1ccccc1)c1ccc2c(=O)nc3c(-c4cccc(C(F)(F)F)c4)n[nH]n3c2c1. The van der Waals surface area contributed by atoms with Gasteiger partial charge in [0.2, 0.25) is 0 Å². The van der Waals surface area contributed by atoms with Gasteiger partial charge < -0.3 is 5.32 Å². The van der Waals surface area contributed by atoms with Gasteiger partial charge >= 0.3 is 6.18 Å². The zero-order chi connectivity index (χ0) is 24.6. The number of halogens is 3. The number of hydrogen-bond donors (Lipinski definition) is 2. The molecule has 2 N–H and O–H groups in total. The maximum absolute atomic E-state index is 13.2. The molecule has 0 saturated heterocycles. The molecule has 5 aromatic rings. The topological polar surface area (TPSA) is 92.2 Å². The molecular formula is C25H18F3N5O2. The van der Waals surface area contributed by atoms with E-state index in [2.05, 4.69) is 20.6 Å². The molecular weight excluding hydrogens is 459 g/mol. The molecule has 0 atom stereocenters. The van der Waals surface area contributed by atoms with Crippen LogP contribution in [-0.2, 0) is 12.6 Å². The molecule has 0 saturated carbocycles. The van der Waals surface area contributed by atoms with Crippen molar-refractivity contribution in [3.05, 3.63) is 99.8 Å². The van der Waals surface area contributed by atoms with Crippen LogP contribution in [0.3, 0.4) is 0 Å². The molecule has 0 aliphatic heterocycles. The molecule has 5 rings (SSSR count). The van der Waals surface area contributed by atoms with Crippen molar-refractivity contribution in [2.75, 3.05) is 6.54 Å². The standard InChI is InChI=1S/C25H18F3N5O2/c26-25(27,28)18-8-4-7-16(13-18)21-22-30-24(35)19-10-9-17(14-20(19)33(22)32-31-21)23(34)29-12-11-15-5-2-1-3-6-15/h1-10,13-14,32H,11-12H2,(H,29,34). The average Bonchev–Trinajstić information content (AvgIpc) is 3.28. The number of rotatable bonds is 5. The van der Waals surface area contributed by atoms with Crippen LogP contribution in [0.4, 0.5) is 13.2 Å². The van der Waals surface area contributed by atoms with Crippen molar-refractivity contribution in [1.29, 1.82) is 0 Å². The molecule has 1 amide bonds. The minimum absolute atomic E-state index is 0.0588. The average molecular weight is 477 g/mol. The van der Waals surface area contributed by atoms with Crippen LogP contribution in [0.5, 0.6) is 0 Å². The molecule has 35 heavy (non-hydrogen) atoms. The highest BCUT2D eigenvalue weighted by Gasteiger charge is 2.31. The summed E-state index contributed by atoms with van der Waals surface area (Å²) in [6.07, 6.45) is -3.86. The van der Waals surface area contributed by atoms with Crippen molar-refractivity contribution in [1.82, 2.24) is 25.1 Å². The van der Waals surface area contributed by atoms with E-state index in [-0.39, 0.29) is 28.2 Å². The molecule has 0 bridgehead atoms. The van der Waals surface area contributed by atoms with Gasteiger partial charge in [-0.3, -0.25) is 9.59 Å². The van der Waals surface area contributed by atoms with Gasteiger partial charge in [-0.2, -0.15) is 23.3 Å². The minimum atomic E-state index is -4.53. The lowest BCUT2D eigenvalue weighted by molar-refractivity contribution is -0.137. The van der Waals surface area contributed by atoms with Crippen LogP contribution >= 0.6 is 0 Å². The van der Waals surface area contributed by atoms with Crippen molar-refractivity contribution in [2.24, 2.45) is 0 Å². The Morgan fingerprint density at radius 1 is 1.00 bits per heavy atom. The molecule has 2 aromatic heterocycles. The molecule has 7 nitrogen and oxygen atoms in total. The predicted octanol–water partition coefficient (Wildman–Crippen LogP) is 4.23. The number of amides is 1. The van der Waals surface area contributed by atoms with E-state index in [1.165, 1.54) is 34.8 Å². The summed E-state index contributed by atoms with van der Waals surface area (Å²) in [5, 5.41) is 9.89. The quantitative estimate of drug-likeness (QED) is 0.396. The van der Waals surface area contributed by atoms with E-state index in [1.807, 2.05) is 30.3 Å². The highest BCUT2D eigenvalue weighted by Crippen LogP contribution is 2.32. The normalized spacial score (nSPS) is 11.7. The number of carbonyl (C=O) groups is 1. The molecule has 10 heteroatoms. The maximum Gasteiger partial charge on any atom is 0.416 e. The molecule has 0 aliphatic carbocycles. The second-order valence-electron chi connectivity index (χ2n) is 7.94. The number of carbonyl (C=O) groups excluding carboxylic acids is 1. The number of hydrogen-bond acceptors (Lipinski definition) is 4. The summed E-state index contributed by atoms with van der Waals surface area (Å²) in [6.45, 7) is 0.427. The summed E-state index contributed by atoms with van der Waals surface area (Å²) in [4.78, 5) is 29.4. The smallest absolute Gasteiger partial charge is 0.352 e. The Bertz CT molecular complexity index is 1610. The summed E-state index contributed by atoms with van der Waals surface area (Å²) < 4.78 is 40.9. The van der Waals surface area contributed by atoms with Gasteiger partial charge in [0.05, 0.1) is 16.5 Å². The van der Waals surface area contributed by atoms with Gasteiger partial charge in [-0.1, -0.05) is 42.5 Å². The van der Waals surface area contributed by atoms with Crippen molar-refractivity contribution >= 4 is 22.5 Å². The molecule has 0 radical (unpaired) electrons. The Kier molecular flexibility index (Phi) is 5.56. The second kappa shape index (κ2) is 8.71. The fraction of sp³-hybridized carbons (Fsp3) is 0.120. The summed E-state index contributed by atoms with van der Waals surface area (Å²) >= 11 is 0. The number of alkyl halides is 3. The van der Waals surface area contributed by atoms with Gasteiger partial charge in [-0.05, 0) is 42.3 Å². The van der Waals surface area contributed by atoms with Gasteiger partial charge in [-0.25, -0.2) is 9.73 Å². The Morgan fingerprint density at radius 3 is 2.57 bits per heavy atom. The van der Waals surface area contributed by atoms with Gasteiger partial charge in [0, 0.05) is 17.7 Å². The maximum atomic E-state index is 13.2. The van der Waals surface area contributed by atoms with Gasteiger partial charge in [0.15, 0.2) is 5.65 Å². The fourth-order valence-electron chi connectivity index (χ4n) is 3.87. The Morgan fingerprint density at radius 2 is 1.80 bits per heavy atom. The highest BCUT2D eigenvalue weighted by atomic mass is 19.4. The third-order valence-electron chi connectivity index (χ3n) is 5.63. The number of H-pyrrole nitrogens is 1. The summed E-state index contributed by atoms with van der Waals surface area (Å²) in [6, 6.07) is 18.9. The summed E-state index contributed by atoms with van der Waals surface area (Å²) in [7, 11) is 0. The summed E-state index contributed by atoms with van der Waals surface area (Å²) in [5.41, 5.74) is 0.627. The van der Waals surface area contributed by atoms with Crippen molar-refractivity contribution < 1.29 is 18.0 Å². The second-order valence-corrected chi connectivity index (χ2v) is 7.94. The number of nitrogens with zero attached hydrogens (tertiary/aromatic N) is 3. The first-order chi connectivity index (χ1) is 16.8. The number of nitrogens with one attached hydrogen (secondary N) is 2. The largest absolute Gasteiger partial charge is 0.416 e. The van der Waals surface area contributed by atoms with Crippen LogP contribution in [0.1, 0.15) is 21.5 Å². The Balaban J connectivity index is 1.49. The molecule has 0 aliphatic rings. The van der Waals surface area contributed by atoms with Crippen LogP contribution < -0.4 is 10.9 Å². The molecule has 176 valence electrons. The Hall–Kier alpha value is -4.47. The van der Waals surface area contributed by atoms with Crippen molar-refractivity contribution in [3.63, 3.8) is 0 Å². The Labute approximate surface area is 196 Å². The van der Waals surface area contributed by atoms with Crippen molar-refractivity contribution in [2.45, 2.75) is 12.6 Å². The van der Waals surface area contributed by atoms with Crippen LogP contribution in [0, 0.1) is 0 Å². The monoisotopic (exact) mass is 477 g/mol.